The van der Waals surface area contributed by atoms with Gasteiger partial charge in [-0.05, 0) is 82.3 Å². The summed E-state index contributed by atoms with van der Waals surface area (Å²) in [5.41, 5.74) is 0.866. The molecule has 0 aromatic heterocycles. The summed E-state index contributed by atoms with van der Waals surface area (Å²) < 4.78 is 33.1. The standard InChI is InChI=1S/C22H29N3O4S/c1-4-29-20-11-7-18(8-12-20)24-30(27,28)21-13-5-17(6-14-21)22(26)23-15-16(2)25(3)19-9-10-19/h5-8,11-14,16,19,24H,4,9-10,15H2,1-3H3,(H,23,26). The lowest BCUT2D eigenvalue weighted by Crippen LogP contribution is -2.41. The van der Waals surface area contributed by atoms with Crippen molar-refractivity contribution >= 4 is 21.6 Å². The zero-order chi connectivity index (χ0) is 21.7. The number of nitrogens with zero attached hydrogens (tertiary/aromatic N) is 1. The van der Waals surface area contributed by atoms with Gasteiger partial charge in [0.05, 0.1) is 11.5 Å². The Morgan fingerprint density at radius 3 is 2.33 bits per heavy atom. The number of hydrogen-bond acceptors (Lipinski definition) is 5. The van der Waals surface area contributed by atoms with Crippen LogP contribution < -0.4 is 14.8 Å². The number of ether oxygens (including phenoxy) is 1. The van der Waals surface area contributed by atoms with Crippen LogP contribution in [0.5, 0.6) is 5.75 Å². The molecular formula is C22H29N3O4S. The molecule has 7 nitrogen and oxygen atoms in total. The van der Waals surface area contributed by atoms with Gasteiger partial charge in [-0.25, -0.2) is 8.42 Å². The smallest absolute Gasteiger partial charge is 0.261 e. The molecule has 162 valence electrons. The van der Waals surface area contributed by atoms with E-state index in [4.69, 9.17) is 4.74 Å². The van der Waals surface area contributed by atoms with E-state index in [-0.39, 0.29) is 16.8 Å². The molecule has 8 heteroatoms. The summed E-state index contributed by atoms with van der Waals surface area (Å²) >= 11 is 0. The molecule has 0 spiro atoms. The van der Waals surface area contributed by atoms with Gasteiger partial charge in [0.1, 0.15) is 5.75 Å². The fraction of sp³-hybridized carbons (Fsp3) is 0.409. The van der Waals surface area contributed by atoms with E-state index in [1.54, 1.807) is 24.3 Å². The van der Waals surface area contributed by atoms with Crippen molar-refractivity contribution in [3.8, 4) is 5.75 Å². The number of likely N-dealkylation sites (N-methyl/N-ethyl adjacent to an activating group) is 1. The van der Waals surface area contributed by atoms with E-state index < -0.39 is 10.0 Å². The molecule has 1 fully saturated rings. The summed E-state index contributed by atoms with van der Waals surface area (Å²) in [5, 5.41) is 2.92. The Morgan fingerprint density at radius 1 is 1.13 bits per heavy atom. The normalized spacial score (nSPS) is 14.9. The summed E-state index contributed by atoms with van der Waals surface area (Å²) in [6.07, 6.45) is 2.44. The molecule has 0 radical (unpaired) electrons. The summed E-state index contributed by atoms with van der Waals surface area (Å²) in [5.74, 6) is 0.461. The van der Waals surface area contributed by atoms with Crippen LogP contribution in [0.25, 0.3) is 0 Å². The van der Waals surface area contributed by atoms with Gasteiger partial charge in [0.15, 0.2) is 0 Å². The molecule has 0 heterocycles. The topological polar surface area (TPSA) is 87.7 Å². The van der Waals surface area contributed by atoms with Crippen LogP contribution in [0.15, 0.2) is 53.4 Å². The van der Waals surface area contributed by atoms with Gasteiger partial charge < -0.3 is 10.1 Å². The molecule has 1 aliphatic rings. The first-order valence-corrected chi connectivity index (χ1v) is 11.6. The molecule has 1 atom stereocenters. The van der Waals surface area contributed by atoms with Crippen molar-refractivity contribution in [1.82, 2.24) is 10.2 Å². The molecule has 30 heavy (non-hydrogen) atoms. The van der Waals surface area contributed by atoms with Crippen molar-refractivity contribution in [2.24, 2.45) is 0 Å². The van der Waals surface area contributed by atoms with Crippen LogP contribution in [0.2, 0.25) is 0 Å². The molecule has 2 aromatic carbocycles. The molecule has 0 bridgehead atoms. The van der Waals surface area contributed by atoms with Gasteiger partial charge >= 0.3 is 0 Å². The zero-order valence-corrected chi connectivity index (χ0v) is 18.4. The van der Waals surface area contributed by atoms with Crippen LogP contribution in [0.3, 0.4) is 0 Å². The minimum Gasteiger partial charge on any atom is -0.494 e. The third-order valence-corrected chi connectivity index (χ3v) is 6.62. The van der Waals surface area contributed by atoms with Crippen LogP contribution in [0.1, 0.15) is 37.0 Å². The molecule has 1 aliphatic carbocycles. The molecule has 1 amide bonds. The van der Waals surface area contributed by atoms with Crippen molar-refractivity contribution < 1.29 is 17.9 Å². The lowest BCUT2D eigenvalue weighted by molar-refractivity contribution is 0.0939. The Kier molecular flexibility index (Phi) is 6.99. The van der Waals surface area contributed by atoms with Crippen molar-refractivity contribution in [3.05, 3.63) is 54.1 Å². The SMILES string of the molecule is CCOc1ccc(NS(=O)(=O)c2ccc(C(=O)NCC(C)N(C)C3CC3)cc2)cc1. The molecule has 2 aromatic rings. The number of nitrogens with one attached hydrogen (secondary N) is 2. The quantitative estimate of drug-likeness (QED) is 0.604. The predicted molar refractivity (Wildman–Crippen MR) is 117 cm³/mol. The number of sulfonamides is 1. The van der Waals surface area contributed by atoms with Gasteiger partial charge in [0.2, 0.25) is 0 Å². The molecule has 0 saturated heterocycles. The highest BCUT2D eigenvalue weighted by atomic mass is 32.2. The highest BCUT2D eigenvalue weighted by molar-refractivity contribution is 7.92. The number of hydrogen-bond donors (Lipinski definition) is 2. The molecular weight excluding hydrogens is 402 g/mol. The zero-order valence-electron chi connectivity index (χ0n) is 17.6. The van der Waals surface area contributed by atoms with Crippen molar-refractivity contribution in [1.29, 1.82) is 0 Å². The minimum absolute atomic E-state index is 0.0924. The van der Waals surface area contributed by atoms with Gasteiger partial charge in [-0.2, -0.15) is 0 Å². The lowest BCUT2D eigenvalue weighted by atomic mass is 10.2. The molecule has 0 aliphatic heterocycles. The van der Waals surface area contributed by atoms with Crippen molar-refractivity contribution in [2.75, 3.05) is 24.9 Å². The Balaban J connectivity index is 1.58. The van der Waals surface area contributed by atoms with E-state index in [0.29, 0.717) is 36.2 Å². The highest BCUT2D eigenvalue weighted by Gasteiger charge is 2.29. The minimum atomic E-state index is -3.75. The average molecular weight is 432 g/mol. The maximum atomic E-state index is 12.6. The van der Waals surface area contributed by atoms with Crippen LogP contribution in [-0.4, -0.2) is 51.5 Å². The summed E-state index contributed by atoms with van der Waals surface area (Å²) in [6.45, 7) is 5.06. The van der Waals surface area contributed by atoms with E-state index in [1.807, 2.05) is 6.92 Å². The van der Waals surface area contributed by atoms with E-state index in [2.05, 4.69) is 28.9 Å². The number of anilines is 1. The largest absolute Gasteiger partial charge is 0.494 e. The predicted octanol–water partition coefficient (Wildman–Crippen LogP) is 3.10. The third-order valence-electron chi connectivity index (χ3n) is 5.22. The second-order valence-electron chi connectivity index (χ2n) is 7.54. The first-order valence-electron chi connectivity index (χ1n) is 10.2. The van der Waals surface area contributed by atoms with Crippen LogP contribution in [-0.2, 0) is 10.0 Å². The monoisotopic (exact) mass is 431 g/mol. The van der Waals surface area contributed by atoms with E-state index in [0.717, 1.165) is 0 Å². The Hall–Kier alpha value is -2.58. The summed E-state index contributed by atoms with van der Waals surface area (Å²) in [4.78, 5) is 14.8. The molecule has 1 saturated carbocycles. The molecule has 2 N–H and O–H groups in total. The number of carbonyl (C=O) groups is 1. The van der Waals surface area contributed by atoms with Crippen molar-refractivity contribution in [2.45, 2.75) is 43.7 Å². The fourth-order valence-electron chi connectivity index (χ4n) is 3.11. The maximum absolute atomic E-state index is 12.6. The number of amides is 1. The van der Waals surface area contributed by atoms with Crippen LogP contribution in [0, 0.1) is 0 Å². The van der Waals surface area contributed by atoms with Gasteiger partial charge in [0.25, 0.3) is 15.9 Å². The van der Waals surface area contributed by atoms with Gasteiger partial charge in [-0.1, -0.05) is 0 Å². The second kappa shape index (κ2) is 9.49. The van der Waals surface area contributed by atoms with E-state index in [9.17, 15) is 13.2 Å². The highest BCUT2D eigenvalue weighted by Crippen LogP contribution is 2.26. The second-order valence-corrected chi connectivity index (χ2v) is 9.23. The maximum Gasteiger partial charge on any atom is 0.261 e. The van der Waals surface area contributed by atoms with E-state index >= 15 is 0 Å². The van der Waals surface area contributed by atoms with Gasteiger partial charge in [0, 0.05) is 29.9 Å². The van der Waals surface area contributed by atoms with Crippen LogP contribution >= 0.6 is 0 Å². The fourth-order valence-corrected chi connectivity index (χ4v) is 4.17. The molecule has 3 rings (SSSR count). The van der Waals surface area contributed by atoms with Crippen LogP contribution in [0.4, 0.5) is 5.69 Å². The van der Waals surface area contributed by atoms with Crippen molar-refractivity contribution in [3.63, 3.8) is 0 Å². The summed E-state index contributed by atoms with van der Waals surface area (Å²) in [6, 6.07) is 13.5. The van der Waals surface area contributed by atoms with Gasteiger partial charge in [-0.15, -0.1) is 0 Å². The third kappa shape index (κ3) is 5.73. The number of carbonyl (C=O) groups excluding carboxylic acids is 1. The first kappa shape index (κ1) is 22.1. The lowest BCUT2D eigenvalue weighted by Gasteiger charge is -2.24. The van der Waals surface area contributed by atoms with E-state index in [1.165, 1.54) is 37.1 Å². The summed E-state index contributed by atoms with van der Waals surface area (Å²) in [7, 11) is -1.67. The number of rotatable bonds is 10. The Labute approximate surface area is 178 Å². The van der Waals surface area contributed by atoms with Gasteiger partial charge in [-0.3, -0.25) is 14.4 Å². The Morgan fingerprint density at radius 2 is 1.77 bits per heavy atom. The Bertz CT molecular complexity index is 955. The first-order chi connectivity index (χ1) is 14.3. The average Bonchev–Trinajstić information content (AvgIpc) is 3.58. The molecule has 1 unspecified atom stereocenters. The number of benzene rings is 2.